The zero-order valence-electron chi connectivity index (χ0n) is 8.28. The fourth-order valence-corrected chi connectivity index (χ4v) is 3.02. The fraction of sp³-hybridized carbons (Fsp3) is 0.400. The maximum absolute atomic E-state index is 12.7. The van der Waals surface area contributed by atoms with Crippen molar-refractivity contribution in [2.45, 2.75) is 0 Å². The van der Waals surface area contributed by atoms with Gasteiger partial charge >= 0.3 is 0 Å². The van der Waals surface area contributed by atoms with Crippen LogP contribution in [0.15, 0.2) is 24.3 Å². The van der Waals surface area contributed by atoms with Crippen molar-refractivity contribution in [1.29, 1.82) is 0 Å². The number of nitrogens with zero attached hydrogens (tertiary/aromatic N) is 1. The monoisotopic (exact) mass is 249 g/mol. The van der Waals surface area contributed by atoms with Crippen molar-refractivity contribution in [3.05, 3.63) is 35.3 Å². The summed E-state index contributed by atoms with van der Waals surface area (Å²) in [6.07, 6.45) is 2.00. The Hall–Kier alpha value is -0.210. The van der Waals surface area contributed by atoms with Gasteiger partial charge in [-0.15, -0.1) is 21.0 Å². The first-order valence-electron chi connectivity index (χ1n) is 4.76. The molecule has 1 fully saturated rings. The second kappa shape index (κ2) is 5.22. The summed E-state index contributed by atoms with van der Waals surface area (Å²) in [6.45, 7) is 1.29. The van der Waals surface area contributed by atoms with E-state index in [-0.39, 0.29) is 22.9 Å². The van der Waals surface area contributed by atoms with Crippen LogP contribution in [0.5, 0.6) is 0 Å². The molecule has 1 aliphatic heterocycles. The number of halogens is 2. The second-order valence-electron chi connectivity index (χ2n) is 3.56. The van der Waals surface area contributed by atoms with Crippen LogP contribution in [0, 0.1) is 11.0 Å². The smallest absolute Gasteiger partial charge is 0.133 e. The van der Waals surface area contributed by atoms with Crippen LogP contribution in [0.2, 0.25) is 0 Å². The number of rotatable bonds is 1. The summed E-state index contributed by atoms with van der Waals surface area (Å²) in [4.78, 5) is 0. The van der Waals surface area contributed by atoms with E-state index in [1.54, 1.807) is 12.1 Å². The van der Waals surface area contributed by atoms with Gasteiger partial charge in [-0.05, 0) is 12.1 Å². The minimum atomic E-state index is -0.278. The Labute approximate surface area is 96.8 Å². The predicted octanol–water partition coefficient (Wildman–Crippen LogP) is 2.74. The van der Waals surface area contributed by atoms with E-state index < -0.39 is 0 Å². The molecule has 2 nitrogen and oxygen atoms in total. The highest BCUT2D eigenvalue weighted by Gasteiger charge is 2.23. The van der Waals surface area contributed by atoms with Gasteiger partial charge in [-0.3, -0.25) is 0 Å². The Morgan fingerprint density at radius 3 is 2.20 bits per heavy atom. The lowest BCUT2D eigenvalue weighted by atomic mass is 10.2. The first kappa shape index (κ1) is 12.9. The number of hydroxylamine groups is 2. The summed E-state index contributed by atoms with van der Waals surface area (Å²) in [5, 5.41) is 12.3. The number of hydrogen-bond acceptors (Lipinski definition) is 1. The SMILES string of the molecule is Cl.[O-][N+]1(c2ccc(F)cc2)CCPCC1. The summed E-state index contributed by atoms with van der Waals surface area (Å²) in [5.41, 5.74) is 0.691. The summed E-state index contributed by atoms with van der Waals surface area (Å²) >= 11 is 0. The summed E-state index contributed by atoms with van der Waals surface area (Å²) in [6, 6.07) is 5.95. The highest BCUT2D eigenvalue weighted by atomic mass is 35.5. The van der Waals surface area contributed by atoms with Crippen molar-refractivity contribution in [1.82, 2.24) is 4.65 Å². The topological polar surface area (TPSA) is 23.1 Å². The minimum absolute atomic E-state index is 0. The molecule has 0 spiro atoms. The summed E-state index contributed by atoms with van der Waals surface area (Å²) in [5.74, 6) is -0.278. The Balaban J connectivity index is 0.00000112. The lowest BCUT2D eigenvalue weighted by Gasteiger charge is -2.44. The van der Waals surface area contributed by atoms with Crippen molar-refractivity contribution in [3.8, 4) is 0 Å². The molecule has 1 saturated heterocycles. The quantitative estimate of drug-likeness (QED) is 0.426. The van der Waals surface area contributed by atoms with Gasteiger partial charge < -0.3 is 9.85 Å². The van der Waals surface area contributed by atoms with Gasteiger partial charge in [0.15, 0.2) is 0 Å². The summed E-state index contributed by atoms with van der Waals surface area (Å²) in [7, 11) is 0.921. The molecule has 1 heterocycles. The molecule has 0 unspecified atom stereocenters. The zero-order chi connectivity index (χ0) is 10.0. The Morgan fingerprint density at radius 2 is 1.67 bits per heavy atom. The third-order valence-electron chi connectivity index (χ3n) is 2.60. The van der Waals surface area contributed by atoms with E-state index in [2.05, 4.69) is 0 Å². The molecular weight excluding hydrogens is 236 g/mol. The van der Waals surface area contributed by atoms with E-state index >= 15 is 0 Å². The highest BCUT2D eigenvalue weighted by Crippen LogP contribution is 2.28. The fourth-order valence-electron chi connectivity index (χ4n) is 1.73. The van der Waals surface area contributed by atoms with Gasteiger partial charge in [0.25, 0.3) is 0 Å². The van der Waals surface area contributed by atoms with Crippen molar-refractivity contribution < 1.29 is 4.39 Å². The molecule has 1 aromatic rings. The van der Waals surface area contributed by atoms with Gasteiger partial charge in [0.1, 0.15) is 11.5 Å². The Morgan fingerprint density at radius 1 is 1.13 bits per heavy atom. The molecule has 84 valence electrons. The van der Waals surface area contributed by atoms with Crippen molar-refractivity contribution >= 4 is 26.7 Å². The molecule has 5 heteroatoms. The average molecular weight is 250 g/mol. The number of hydrogen-bond donors (Lipinski definition) is 0. The highest BCUT2D eigenvalue weighted by molar-refractivity contribution is 7.38. The molecule has 0 bridgehead atoms. The first-order valence-corrected chi connectivity index (χ1v) is 6.17. The van der Waals surface area contributed by atoms with Gasteiger partial charge in [0.05, 0.1) is 13.1 Å². The molecule has 0 N–H and O–H groups in total. The minimum Gasteiger partial charge on any atom is -0.627 e. The largest absolute Gasteiger partial charge is 0.627 e. The van der Waals surface area contributed by atoms with Crippen LogP contribution in [0.3, 0.4) is 0 Å². The van der Waals surface area contributed by atoms with E-state index in [0.29, 0.717) is 18.8 Å². The third kappa shape index (κ3) is 2.88. The third-order valence-corrected chi connectivity index (χ3v) is 3.75. The van der Waals surface area contributed by atoms with Gasteiger partial charge in [0.2, 0.25) is 0 Å². The van der Waals surface area contributed by atoms with Gasteiger partial charge in [0, 0.05) is 24.5 Å². The molecule has 2 rings (SSSR count). The van der Waals surface area contributed by atoms with Crippen molar-refractivity contribution in [3.63, 3.8) is 0 Å². The second-order valence-corrected chi connectivity index (χ2v) is 5.06. The van der Waals surface area contributed by atoms with E-state index in [9.17, 15) is 9.60 Å². The maximum Gasteiger partial charge on any atom is 0.133 e. The van der Waals surface area contributed by atoms with Crippen LogP contribution < -0.4 is 4.65 Å². The summed E-state index contributed by atoms with van der Waals surface area (Å²) < 4.78 is 12.4. The lowest BCUT2D eigenvalue weighted by Crippen LogP contribution is -2.48. The Bertz CT molecular complexity index is 314. The molecule has 0 aliphatic carbocycles. The maximum atomic E-state index is 12.7. The molecule has 15 heavy (non-hydrogen) atoms. The van der Waals surface area contributed by atoms with Gasteiger partial charge in [-0.2, -0.15) is 0 Å². The van der Waals surface area contributed by atoms with E-state index in [1.165, 1.54) is 12.1 Å². The van der Waals surface area contributed by atoms with E-state index in [1.807, 2.05) is 0 Å². The Kier molecular flexibility index (Phi) is 4.47. The van der Waals surface area contributed by atoms with Crippen LogP contribution >= 0.6 is 21.0 Å². The molecule has 0 radical (unpaired) electrons. The van der Waals surface area contributed by atoms with Crippen LogP contribution in [-0.2, 0) is 0 Å². The molecule has 0 aromatic heterocycles. The van der Waals surface area contributed by atoms with Crippen LogP contribution in [0.1, 0.15) is 0 Å². The van der Waals surface area contributed by atoms with Crippen molar-refractivity contribution in [2.75, 3.05) is 25.4 Å². The zero-order valence-corrected chi connectivity index (χ0v) is 10.1. The molecular formula is C10H14ClFNOP. The molecule has 1 aromatic carbocycles. The molecule has 0 atom stereocenters. The molecule has 1 aliphatic rings. The molecule has 0 amide bonds. The first-order chi connectivity index (χ1) is 6.71. The predicted molar refractivity (Wildman–Crippen MR) is 66.6 cm³/mol. The van der Waals surface area contributed by atoms with Crippen LogP contribution in [0.25, 0.3) is 0 Å². The van der Waals surface area contributed by atoms with E-state index in [4.69, 9.17) is 0 Å². The van der Waals surface area contributed by atoms with Crippen LogP contribution in [0.4, 0.5) is 10.1 Å². The lowest BCUT2D eigenvalue weighted by molar-refractivity contribution is 0.405. The van der Waals surface area contributed by atoms with Gasteiger partial charge in [-0.1, -0.05) is 0 Å². The normalized spacial score (nSPS) is 27.3. The van der Waals surface area contributed by atoms with Crippen molar-refractivity contribution in [2.24, 2.45) is 0 Å². The van der Waals surface area contributed by atoms with E-state index in [0.717, 1.165) is 20.9 Å². The standard InChI is InChI=1S/C10H13FNOP.ClH/c11-9-1-3-10(4-2-9)12(13)5-7-14-8-6-12;/h1-4,14H,5-8H2;1H. The number of quaternary nitrogens is 1. The molecule has 0 saturated carbocycles. The van der Waals surface area contributed by atoms with Gasteiger partial charge in [-0.25, -0.2) is 4.39 Å². The van der Waals surface area contributed by atoms with Crippen LogP contribution in [-0.4, -0.2) is 25.4 Å². The number of benzene rings is 1. The average Bonchev–Trinajstić information content (AvgIpc) is 2.19.